The Morgan fingerprint density at radius 1 is 1.50 bits per heavy atom. The van der Waals surface area contributed by atoms with Crippen molar-refractivity contribution in [3.8, 4) is 0 Å². The van der Waals surface area contributed by atoms with Crippen LogP contribution < -0.4 is 0 Å². The van der Waals surface area contributed by atoms with E-state index in [0.29, 0.717) is 13.1 Å². The number of hydrogen-bond donors (Lipinski definition) is 0. The first-order chi connectivity index (χ1) is 9.67. The maximum absolute atomic E-state index is 11.9. The van der Waals surface area contributed by atoms with E-state index in [2.05, 4.69) is 4.98 Å². The van der Waals surface area contributed by atoms with Crippen LogP contribution in [-0.4, -0.2) is 42.0 Å². The van der Waals surface area contributed by atoms with Crippen molar-refractivity contribution in [2.45, 2.75) is 32.1 Å². The standard InChI is InChI=1S/C14H18N2O3S/c1-19-14(18)9-7-13(17)16(8-9)6-5-12-15-10-3-2-4-11(10)20-12/h9H,2-8H2,1H3. The van der Waals surface area contributed by atoms with Gasteiger partial charge in [-0.05, 0) is 19.3 Å². The number of fused-ring (bicyclic) bond motifs is 1. The molecule has 1 fully saturated rings. The van der Waals surface area contributed by atoms with Gasteiger partial charge in [-0.2, -0.15) is 0 Å². The minimum Gasteiger partial charge on any atom is -0.469 e. The molecule has 1 atom stereocenters. The Morgan fingerprint density at radius 3 is 3.10 bits per heavy atom. The lowest BCUT2D eigenvalue weighted by atomic mass is 10.1. The van der Waals surface area contributed by atoms with Crippen LogP contribution in [-0.2, 0) is 33.6 Å². The predicted octanol–water partition coefficient (Wildman–Crippen LogP) is 1.20. The molecule has 0 N–H and O–H groups in total. The summed E-state index contributed by atoms with van der Waals surface area (Å²) >= 11 is 1.78. The summed E-state index contributed by atoms with van der Waals surface area (Å²) in [6.07, 6.45) is 4.54. The Labute approximate surface area is 121 Å². The number of hydrogen-bond acceptors (Lipinski definition) is 5. The molecule has 1 aliphatic carbocycles. The highest BCUT2D eigenvalue weighted by Crippen LogP contribution is 2.28. The fourth-order valence-corrected chi connectivity index (χ4v) is 4.04. The third-order valence-electron chi connectivity index (χ3n) is 3.98. The normalized spacial score (nSPS) is 21.4. The van der Waals surface area contributed by atoms with Gasteiger partial charge in [0.15, 0.2) is 0 Å². The average molecular weight is 294 g/mol. The second-order valence-corrected chi connectivity index (χ2v) is 6.51. The van der Waals surface area contributed by atoms with Crippen LogP contribution in [0.15, 0.2) is 0 Å². The van der Waals surface area contributed by atoms with Crippen LogP contribution >= 0.6 is 11.3 Å². The van der Waals surface area contributed by atoms with Crippen LogP contribution in [0.25, 0.3) is 0 Å². The summed E-state index contributed by atoms with van der Waals surface area (Å²) in [6.45, 7) is 1.13. The van der Waals surface area contributed by atoms with Crippen molar-refractivity contribution in [2.75, 3.05) is 20.2 Å². The van der Waals surface area contributed by atoms with Gasteiger partial charge in [0.25, 0.3) is 0 Å². The number of carbonyl (C=O) groups is 2. The Bertz CT molecular complexity index is 519. The number of aromatic nitrogens is 1. The lowest BCUT2D eigenvalue weighted by Gasteiger charge is -2.15. The van der Waals surface area contributed by atoms with Gasteiger partial charge < -0.3 is 9.64 Å². The second kappa shape index (κ2) is 5.52. The topological polar surface area (TPSA) is 59.5 Å². The van der Waals surface area contributed by atoms with Gasteiger partial charge in [-0.25, -0.2) is 4.98 Å². The summed E-state index contributed by atoms with van der Waals surface area (Å²) in [5, 5.41) is 1.11. The van der Waals surface area contributed by atoms with Gasteiger partial charge in [0.1, 0.15) is 0 Å². The molecule has 6 heteroatoms. The highest BCUT2D eigenvalue weighted by atomic mass is 32.1. The molecule has 1 amide bonds. The molecule has 1 aromatic heterocycles. The Hall–Kier alpha value is -1.43. The summed E-state index contributed by atoms with van der Waals surface area (Å²) in [4.78, 5) is 31.1. The quantitative estimate of drug-likeness (QED) is 0.783. The highest BCUT2D eigenvalue weighted by molar-refractivity contribution is 7.11. The molecular formula is C14H18N2O3S. The summed E-state index contributed by atoms with van der Waals surface area (Å²) in [5.41, 5.74) is 1.25. The molecule has 0 bridgehead atoms. The molecule has 3 rings (SSSR count). The molecule has 20 heavy (non-hydrogen) atoms. The summed E-state index contributed by atoms with van der Waals surface area (Å²) in [7, 11) is 1.37. The van der Waals surface area contributed by atoms with Crippen molar-refractivity contribution >= 4 is 23.2 Å². The van der Waals surface area contributed by atoms with Crippen LogP contribution in [0.5, 0.6) is 0 Å². The largest absolute Gasteiger partial charge is 0.469 e. The molecule has 2 heterocycles. The predicted molar refractivity (Wildman–Crippen MR) is 74.5 cm³/mol. The van der Waals surface area contributed by atoms with E-state index in [1.165, 1.54) is 24.1 Å². The number of nitrogens with zero attached hydrogens (tertiary/aromatic N) is 2. The smallest absolute Gasteiger partial charge is 0.310 e. The summed E-state index contributed by atoms with van der Waals surface area (Å²) in [6, 6.07) is 0. The van der Waals surface area contributed by atoms with Crippen molar-refractivity contribution in [2.24, 2.45) is 5.92 Å². The average Bonchev–Trinajstić information content (AvgIpc) is 3.09. The number of esters is 1. The van der Waals surface area contributed by atoms with Crippen molar-refractivity contribution < 1.29 is 14.3 Å². The summed E-state index contributed by atoms with van der Waals surface area (Å²) in [5.74, 6) is -0.535. The molecule has 0 saturated carbocycles. The van der Waals surface area contributed by atoms with Gasteiger partial charge >= 0.3 is 5.97 Å². The number of amides is 1. The molecule has 1 saturated heterocycles. The first-order valence-electron chi connectivity index (χ1n) is 7.00. The molecular weight excluding hydrogens is 276 g/mol. The number of thiazole rings is 1. The lowest BCUT2D eigenvalue weighted by molar-refractivity contribution is -0.145. The van der Waals surface area contributed by atoms with Crippen molar-refractivity contribution in [3.63, 3.8) is 0 Å². The van der Waals surface area contributed by atoms with Gasteiger partial charge in [-0.3, -0.25) is 9.59 Å². The zero-order valence-electron chi connectivity index (χ0n) is 11.6. The second-order valence-electron chi connectivity index (χ2n) is 5.34. The van der Waals surface area contributed by atoms with Crippen LogP contribution in [0, 0.1) is 5.92 Å². The SMILES string of the molecule is COC(=O)C1CC(=O)N(CCc2nc3c(s2)CCC3)C1. The zero-order valence-corrected chi connectivity index (χ0v) is 12.4. The fraction of sp³-hybridized carbons (Fsp3) is 0.643. The monoisotopic (exact) mass is 294 g/mol. The summed E-state index contributed by atoms with van der Waals surface area (Å²) < 4.78 is 4.71. The van der Waals surface area contributed by atoms with Crippen LogP contribution in [0.2, 0.25) is 0 Å². The third-order valence-corrected chi connectivity index (χ3v) is 5.20. The number of methoxy groups -OCH3 is 1. The van der Waals surface area contributed by atoms with E-state index in [-0.39, 0.29) is 24.2 Å². The van der Waals surface area contributed by atoms with Crippen molar-refractivity contribution in [3.05, 3.63) is 15.6 Å². The maximum Gasteiger partial charge on any atom is 0.310 e. The highest BCUT2D eigenvalue weighted by Gasteiger charge is 2.34. The fourth-order valence-electron chi connectivity index (χ4n) is 2.89. The molecule has 0 spiro atoms. The number of ether oxygens (including phenoxy) is 1. The third kappa shape index (κ3) is 2.57. The van der Waals surface area contributed by atoms with Gasteiger partial charge in [-0.15, -0.1) is 11.3 Å². The van der Waals surface area contributed by atoms with Gasteiger partial charge in [0.2, 0.25) is 5.91 Å². The van der Waals surface area contributed by atoms with E-state index in [4.69, 9.17) is 4.74 Å². The lowest BCUT2D eigenvalue weighted by Crippen LogP contribution is -2.28. The van der Waals surface area contributed by atoms with Gasteiger partial charge in [0.05, 0.1) is 23.7 Å². The van der Waals surface area contributed by atoms with E-state index < -0.39 is 0 Å². The minimum absolute atomic E-state index is 0.0458. The van der Waals surface area contributed by atoms with Gasteiger partial charge in [0, 0.05) is 30.8 Å². The molecule has 0 radical (unpaired) electrons. The van der Waals surface area contributed by atoms with Crippen LogP contribution in [0.3, 0.4) is 0 Å². The Kier molecular flexibility index (Phi) is 3.74. The molecule has 0 aromatic carbocycles. The Morgan fingerprint density at radius 2 is 2.35 bits per heavy atom. The maximum atomic E-state index is 11.9. The molecule has 5 nitrogen and oxygen atoms in total. The van der Waals surface area contributed by atoms with E-state index in [9.17, 15) is 9.59 Å². The first-order valence-corrected chi connectivity index (χ1v) is 7.82. The zero-order chi connectivity index (χ0) is 14.1. The van der Waals surface area contributed by atoms with Gasteiger partial charge in [-0.1, -0.05) is 0 Å². The van der Waals surface area contributed by atoms with E-state index in [0.717, 1.165) is 24.3 Å². The molecule has 108 valence electrons. The molecule has 1 unspecified atom stereocenters. The first kappa shape index (κ1) is 13.5. The van der Waals surface area contributed by atoms with Crippen molar-refractivity contribution in [1.29, 1.82) is 0 Å². The number of likely N-dealkylation sites (tertiary alicyclic amines) is 1. The number of carbonyl (C=O) groups excluding carboxylic acids is 2. The van der Waals surface area contributed by atoms with E-state index >= 15 is 0 Å². The Balaban J connectivity index is 1.55. The van der Waals surface area contributed by atoms with Crippen molar-refractivity contribution in [1.82, 2.24) is 9.88 Å². The van der Waals surface area contributed by atoms with E-state index in [1.807, 2.05) is 0 Å². The number of aryl methyl sites for hydroxylation is 2. The minimum atomic E-state index is -0.297. The molecule has 1 aliphatic heterocycles. The van der Waals surface area contributed by atoms with Crippen LogP contribution in [0.1, 0.15) is 28.4 Å². The van der Waals surface area contributed by atoms with Crippen LogP contribution in [0.4, 0.5) is 0 Å². The molecule has 1 aromatic rings. The number of rotatable bonds is 4. The van der Waals surface area contributed by atoms with E-state index in [1.54, 1.807) is 16.2 Å². The molecule has 2 aliphatic rings.